The van der Waals surface area contributed by atoms with Gasteiger partial charge in [0.1, 0.15) is 0 Å². The van der Waals surface area contributed by atoms with E-state index in [-0.39, 0.29) is 24.5 Å². The third-order valence-electron chi connectivity index (χ3n) is 6.08. The Hall–Kier alpha value is -2.54. The quantitative estimate of drug-likeness (QED) is 0.832. The van der Waals surface area contributed by atoms with Gasteiger partial charge in [-0.25, -0.2) is 0 Å². The number of anilines is 1. The number of aryl methyl sites for hydroxylation is 1. The molecule has 2 amide bonds. The number of likely N-dealkylation sites (tertiary alicyclic amines) is 1. The molecular formula is C22H24N2O4S. The standard InChI is InChI=1S/C22H24N2O4S/c25-21(23-15-5-6-18-19(11-15)28-13-27-18)14-7-9-24(10-8-14)22(26)17-12-29-20-4-2-1-3-16(17)20/h5-6,11-12,14H,1-4,7-10,13H2,(H,23,25). The van der Waals surface area contributed by atoms with Crippen molar-refractivity contribution in [3.63, 3.8) is 0 Å². The van der Waals surface area contributed by atoms with E-state index in [4.69, 9.17) is 9.47 Å². The molecule has 1 fully saturated rings. The zero-order valence-electron chi connectivity index (χ0n) is 16.2. The molecule has 0 atom stereocenters. The fourth-order valence-electron chi connectivity index (χ4n) is 4.41. The van der Waals surface area contributed by atoms with Crippen LogP contribution in [0.5, 0.6) is 11.5 Å². The molecule has 3 aliphatic rings. The van der Waals surface area contributed by atoms with Crippen LogP contribution in [0.1, 0.15) is 46.5 Å². The summed E-state index contributed by atoms with van der Waals surface area (Å²) in [5.41, 5.74) is 2.88. The maximum Gasteiger partial charge on any atom is 0.254 e. The van der Waals surface area contributed by atoms with Crippen molar-refractivity contribution < 1.29 is 19.1 Å². The highest BCUT2D eigenvalue weighted by Crippen LogP contribution is 2.35. The normalized spacial score (nSPS) is 18.4. The monoisotopic (exact) mass is 412 g/mol. The van der Waals surface area contributed by atoms with Gasteiger partial charge in [-0.3, -0.25) is 9.59 Å². The van der Waals surface area contributed by atoms with Crippen LogP contribution in [-0.2, 0) is 17.6 Å². The lowest BCUT2D eigenvalue weighted by Crippen LogP contribution is -2.41. The minimum Gasteiger partial charge on any atom is -0.454 e. The van der Waals surface area contributed by atoms with E-state index < -0.39 is 0 Å². The Morgan fingerprint density at radius 3 is 2.72 bits per heavy atom. The third-order valence-corrected chi connectivity index (χ3v) is 7.17. The summed E-state index contributed by atoms with van der Waals surface area (Å²) in [6.07, 6.45) is 5.91. The van der Waals surface area contributed by atoms with Gasteiger partial charge < -0.3 is 19.7 Å². The molecule has 2 aliphatic heterocycles. The molecule has 0 spiro atoms. The van der Waals surface area contributed by atoms with Crippen LogP contribution in [0.25, 0.3) is 0 Å². The van der Waals surface area contributed by atoms with Gasteiger partial charge in [0.15, 0.2) is 11.5 Å². The Labute approximate surface area is 173 Å². The molecule has 1 aromatic heterocycles. The molecule has 29 heavy (non-hydrogen) atoms. The summed E-state index contributed by atoms with van der Waals surface area (Å²) in [5.74, 6) is 1.41. The second-order valence-corrected chi connectivity index (χ2v) is 8.85. The lowest BCUT2D eigenvalue weighted by molar-refractivity contribution is -0.121. The molecule has 6 nitrogen and oxygen atoms in total. The number of benzene rings is 1. The lowest BCUT2D eigenvalue weighted by Gasteiger charge is -2.31. The fraction of sp³-hybridized carbons (Fsp3) is 0.455. The van der Waals surface area contributed by atoms with Crippen LogP contribution in [0.3, 0.4) is 0 Å². The van der Waals surface area contributed by atoms with E-state index in [0.29, 0.717) is 43.1 Å². The van der Waals surface area contributed by atoms with Crippen molar-refractivity contribution in [2.75, 3.05) is 25.2 Å². The number of nitrogens with zero attached hydrogens (tertiary/aromatic N) is 1. The molecule has 1 N–H and O–H groups in total. The molecule has 0 unspecified atom stereocenters. The van der Waals surface area contributed by atoms with Crippen molar-refractivity contribution in [1.82, 2.24) is 4.90 Å². The minimum absolute atomic E-state index is 0.00359. The van der Waals surface area contributed by atoms with Crippen LogP contribution >= 0.6 is 11.3 Å². The molecule has 0 saturated carbocycles. The predicted molar refractivity (Wildman–Crippen MR) is 111 cm³/mol. The number of fused-ring (bicyclic) bond motifs is 2. The number of carbonyl (C=O) groups is 2. The predicted octanol–water partition coefficient (Wildman–Crippen LogP) is 3.85. The van der Waals surface area contributed by atoms with Crippen LogP contribution in [0.4, 0.5) is 5.69 Å². The molecule has 1 aromatic carbocycles. The number of rotatable bonds is 3. The van der Waals surface area contributed by atoms with Gasteiger partial charge in [-0.1, -0.05) is 0 Å². The van der Waals surface area contributed by atoms with Crippen LogP contribution in [0, 0.1) is 5.92 Å². The average Bonchev–Trinajstić information content (AvgIpc) is 3.40. The van der Waals surface area contributed by atoms with Crippen molar-refractivity contribution in [1.29, 1.82) is 0 Å². The molecular weight excluding hydrogens is 388 g/mol. The minimum atomic E-state index is -0.0825. The molecule has 1 saturated heterocycles. The Morgan fingerprint density at radius 1 is 1.07 bits per heavy atom. The molecule has 0 bridgehead atoms. The number of thiophene rings is 1. The zero-order valence-corrected chi connectivity index (χ0v) is 17.1. The topological polar surface area (TPSA) is 67.9 Å². The maximum atomic E-state index is 13.0. The Kier molecular flexibility index (Phi) is 4.91. The molecule has 152 valence electrons. The van der Waals surface area contributed by atoms with Crippen molar-refractivity contribution in [3.05, 3.63) is 39.6 Å². The lowest BCUT2D eigenvalue weighted by atomic mass is 9.93. The Balaban J connectivity index is 1.18. The highest BCUT2D eigenvalue weighted by Gasteiger charge is 2.30. The zero-order chi connectivity index (χ0) is 19.8. The van der Waals surface area contributed by atoms with Crippen molar-refractivity contribution in [2.45, 2.75) is 38.5 Å². The summed E-state index contributed by atoms with van der Waals surface area (Å²) in [6.45, 7) is 1.47. The molecule has 3 heterocycles. The van der Waals surface area contributed by atoms with E-state index in [2.05, 4.69) is 5.32 Å². The second kappa shape index (κ2) is 7.71. The number of piperidine rings is 1. The van der Waals surface area contributed by atoms with Gasteiger partial charge in [0.2, 0.25) is 12.7 Å². The summed E-state index contributed by atoms with van der Waals surface area (Å²) >= 11 is 1.73. The number of nitrogens with one attached hydrogen (secondary N) is 1. The van der Waals surface area contributed by atoms with Crippen molar-refractivity contribution in [2.24, 2.45) is 5.92 Å². The van der Waals surface area contributed by atoms with Crippen molar-refractivity contribution >= 4 is 28.8 Å². The first-order valence-corrected chi connectivity index (χ1v) is 11.2. The van der Waals surface area contributed by atoms with Gasteiger partial charge in [-0.05, 0) is 56.2 Å². The first-order chi connectivity index (χ1) is 14.2. The number of hydrogen-bond acceptors (Lipinski definition) is 5. The van der Waals surface area contributed by atoms with E-state index >= 15 is 0 Å². The Bertz CT molecular complexity index is 946. The van der Waals surface area contributed by atoms with Gasteiger partial charge in [0.25, 0.3) is 5.91 Å². The number of hydrogen-bond donors (Lipinski definition) is 1. The molecule has 0 radical (unpaired) electrons. The SMILES string of the molecule is O=C(Nc1ccc2c(c1)OCO2)C1CCN(C(=O)c2csc3c2CCCC3)CC1. The molecule has 5 rings (SSSR count). The smallest absolute Gasteiger partial charge is 0.254 e. The molecule has 7 heteroatoms. The number of ether oxygens (including phenoxy) is 2. The second-order valence-electron chi connectivity index (χ2n) is 7.88. The highest BCUT2D eigenvalue weighted by atomic mass is 32.1. The van der Waals surface area contributed by atoms with E-state index in [1.807, 2.05) is 16.3 Å². The average molecular weight is 413 g/mol. The summed E-state index contributed by atoms with van der Waals surface area (Å²) in [4.78, 5) is 29.0. The van der Waals surface area contributed by atoms with E-state index in [1.54, 1.807) is 23.5 Å². The van der Waals surface area contributed by atoms with Gasteiger partial charge in [-0.15, -0.1) is 11.3 Å². The fourth-order valence-corrected chi connectivity index (χ4v) is 5.53. The van der Waals surface area contributed by atoms with Crippen LogP contribution < -0.4 is 14.8 Å². The summed E-state index contributed by atoms with van der Waals surface area (Å²) in [5, 5.41) is 5.02. The van der Waals surface area contributed by atoms with E-state index in [0.717, 1.165) is 18.4 Å². The summed E-state index contributed by atoms with van der Waals surface area (Å²) < 4.78 is 10.7. The van der Waals surface area contributed by atoms with E-state index in [9.17, 15) is 9.59 Å². The van der Waals surface area contributed by atoms with Crippen LogP contribution in [-0.4, -0.2) is 36.6 Å². The van der Waals surface area contributed by atoms with Gasteiger partial charge in [0, 0.05) is 41.0 Å². The van der Waals surface area contributed by atoms with Crippen LogP contribution in [0.2, 0.25) is 0 Å². The van der Waals surface area contributed by atoms with E-state index in [1.165, 1.54) is 23.3 Å². The largest absolute Gasteiger partial charge is 0.454 e. The summed E-state index contributed by atoms with van der Waals surface area (Å²) in [6, 6.07) is 5.42. The molecule has 2 aromatic rings. The van der Waals surface area contributed by atoms with Gasteiger partial charge >= 0.3 is 0 Å². The first-order valence-electron chi connectivity index (χ1n) is 10.3. The maximum absolute atomic E-state index is 13.0. The molecule has 1 aliphatic carbocycles. The summed E-state index contributed by atoms with van der Waals surface area (Å²) in [7, 11) is 0. The highest BCUT2D eigenvalue weighted by molar-refractivity contribution is 7.10. The van der Waals surface area contributed by atoms with Gasteiger partial charge in [0.05, 0.1) is 5.56 Å². The van der Waals surface area contributed by atoms with Crippen molar-refractivity contribution in [3.8, 4) is 11.5 Å². The third kappa shape index (κ3) is 3.59. The van der Waals surface area contributed by atoms with Crippen LogP contribution in [0.15, 0.2) is 23.6 Å². The van der Waals surface area contributed by atoms with Gasteiger partial charge in [-0.2, -0.15) is 0 Å². The first kappa shape index (κ1) is 18.5. The number of carbonyl (C=O) groups excluding carboxylic acids is 2. The number of amides is 2. The Morgan fingerprint density at radius 2 is 1.86 bits per heavy atom.